The second-order valence-corrected chi connectivity index (χ2v) is 5.12. The maximum absolute atomic E-state index is 12.2. The summed E-state index contributed by atoms with van der Waals surface area (Å²) in [5, 5.41) is 0.685. The zero-order valence-corrected chi connectivity index (χ0v) is 13.4. The topological polar surface area (TPSA) is 44.8 Å². The predicted molar refractivity (Wildman–Crippen MR) is 77.2 cm³/mol. The summed E-state index contributed by atoms with van der Waals surface area (Å²) in [4.78, 5) is 11.5. The van der Waals surface area contributed by atoms with Gasteiger partial charge in [0.1, 0.15) is 12.4 Å². The van der Waals surface area contributed by atoms with Crippen molar-refractivity contribution in [2.24, 2.45) is 0 Å². The molecule has 0 unspecified atom stereocenters. The van der Waals surface area contributed by atoms with E-state index < -0.39 is 24.9 Å². The minimum atomic E-state index is -4.50. The number of esters is 1. The van der Waals surface area contributed by atoms with Crippen LogP contribution < -0.4 is 4.74 Å². The lowest BCUT2D eigenvalue weighted by atomic mass is 10.1. The van der Waals surface area contributed by atoms with Crippen molar-refractivity contribution in [1.29, 1.82) is 0 Å². The van der Waals surface area contributed by atoms with Crippen molar-refractivity contribution in [3.05, 3.63) is 29.8 Å². The van der Waals surface area contributed by atoms with Gasteiger partial charge in [-0.15, -0.1) is 0 Å². The van der Waals surface area contributed by atoms with E-state index in [1.807, 2.05) is 0 Å². The van der Waals surface area contributed by atoms with Crippen molar-refractivity contribution < 1.29 is 32.2 Å². The lowest BCUT2D eigenvalue weighted by Gasteiger charge is -2.17. The number of hydrogen-bond acceptors (Lipinski definition) is 4. The maximum Gasteiger partial charge on any atom is 0.411 e. The Kier molecular flexibility index (Phi) is 7.67. The number of ether oxygens (including phenoxy) is 3. The summed E-state index contributed by atoms with van der Waals surface area (Å²) in [5.74, 6) is -0.210. The van der Waals surface area contributed by atoms with Crippen LogP contribution in [0.15, 0.2) is 24.3 Å². The molecule has 0 N–H and O–H groups in total. The highest BCUT2D eigenvalue weighted by Crippen LogP contribution is 2.19. The van der Waals surface area contributed by atoms with E-state index in [1.54, 1.807) is 24.3 Å². The monoisotopic (exact) mass is 384 g/mol. The lowest BCUT2D eigenvalue weighted by molar-refractivity contribution is -0.193. The van der Waals surface area contributed by atoms with Crippen LogP contribution in [0.2, 0.25) is 0 Å². The molecule has 0 aliphatic carbocycles. The van der Waals surface area contributed by atoms with Crippen LogP contribution in [0.4, 0.5) is 13.2 Å². The summed E-state index contributed by atoms with van der Waals surface area (Å²) in [7, 11) is 1.10. The molecule has 22 heavy (non-hydrogen) atoms. The Morgan fingerprint density at radius 1 is 1.27 bits per heavy atom. The van der Waals surface area contributed by atoms with Crippen molar-refractivity contribution in [3.63, 3.8) is 0 Å². The molecule has 1 aromatic rings. The van der Waals surface area contributed by atoms with Gasteiger partial charge < -0.3 is 14.2 Å². The molecule has 124 valence electrons. The van der Waals surface area contributed by atoms with Crippen LogP contribution in [0.3, 0.4) is 0 Å². The minimum Gasteiger partial charge on any atom is -0.493 e. The second-order valence-electron chi connectivity index (χ2n) is 4.32. The van der Waals surface area contributed by atoms with Crippen LogP contribution in [0.1, 0.15) is 5.56 Å². The Labute approximate surface area is 134 Å². The number of hydrogen-bond donors (Lipinski definition) is 0. The molecule has 4 nitrogen and oxygen atoms in total. The third-order valence-corrected chi connectivity index (χ3v) is 2.93. The van der Waals surface area contributed by atoms with Gasteiger partial charge in [-0.2, -0.15) is 13.2 Å². The summed E-state index contributed by atoms with van der Waals surface area (Å²) in [6.07, 6.45) is -5.82. The average molecular weight is 385 g/mol. The van der Waals surface area contributed by atoms with Gasteiger partial charge in [0.25, 0.3) is 0 Å². The molecule has 1 rings (SSSR count). The molecular weight excluding hydrogens is 369 g/mol. The van der Waals surface area contributed by atoms with Gasteiger partial charge in [0.2, 0.25) is 0 Å². The van der Waals surface area contributed by atoms with Crippen LogP contribution in [0.25, 0.3) is 0 Å². The molecule has 1 aromatic carbocycles. The number of halogens is 4. The van der Waals surface area contributed by atoms with Crippen LogP contribution in [-0.4, -0.2) is 43.9 Å². The fraction of sp³-hybridized carbons (Fsp3) is 0.500. The van der Waals surface area contributed by atoms with Gasteiger partial charge in [-0.25, -0.2) is 4.79 Å². The van der Waals surface area contributed by atoms with E-state index in [9.17, 15) is 18.0 Å². The van der Waals surface area contributed by atoms with E-state index in [4.69, 9.17) is 4.74 Å². The van der Waals surface area contributed by atoms with Crippen molar-refractivity contribution in [2.75, 3.05) is 25.7 Å². The number of benzene rings is 1. The van der Waals surface area contributed by atoms with Gasteiger partial charge in [-0.3, -0.25) is 0 Å². The highest BCUT2D eigenvalue weighted by molar-refractivity contribution is 9.09. The van der Waals surface area contributed by atoms with Crippen LogP contribution >= 0.6 is 15.9 Å². The lowest BCUT2D eigenvalue weighted by Crippen LogP contribution is -2.32. The van der Waals surface area contributed by atoms with Crippen molar-refractivity contribution in [2.45, 2.75) is 18.7 Å². The van der Waals surface area contributed by atoms with Gasteiger partial charge in [0.15, 0.2) is 6.10 Å². The SMILES string of the molecule is COC(=O)[C@H](Cc1ccc(OCCBr)cc1)OCC(F)(F)F. The Morgan fingerprint density at radius 3 is 2.41 bits per heavy atom. The summed E-state index contributed by atoms with van der Waals surface area (Å²) in [6.45, 7) is -1.00. The third-order valence-electron chi connectivity index (χ3n) is 2.60. The number of rotatable bonds is 8. The molecule has 8 heteroatoms. The van der Waals surface area contributed by atoms with E-state index in [1.165, 1.54) is 0 Å². The highest BCUT2D eigenvalue weighted by Gasteiger charge is 2.31. The number of methoxy groups -OCH3 is 1. The Hall–Kier alpha value is -1.28. The van der Waals surface area contributed by atoms with Crippen LogP contribution in [-0.2, 0) is 20.7 Å². The maximum atomic E-state index is 12.2. The summed E-state index contributed by atoms with van der Waals surface area (Å²) in [5.41, 5.74) is 0.642. The fourth-order valence-electron chi connectivity index (χ4n) is 1.63. The van der Waals surface area contributed by atoms with E-state index in [2.05, 4.69) is 25.4 Å². The second kappa shape index (κ2) is 8.99. The third kappa shape index (κ3) is 7.13. The van der Waals surface area contributed by atoms with Gasteiger partial charge >= 0.3 is 12.1 Å². The molecule has 0 saturated carbocycles. The van der Waals surface area contributed by atoms with Gasteiger partial charge in [-0.1, -0.05) is 28.1 Å². The zero-order chi connectivity index (χ0) is 16.6. The average Bonchev–Trinajstić information content (AvgIpc) is 2.48. The van der Waals surface area contributed by atoms with E-state index >= 15 is 0 Å². The summed E-state index contributed by atoms with van der Waals surface area (Å²) in [6, 6.07) is 6.68. The number of carbonyl (C=O) groups is 1. The Bertz CT molecular complexity index is 462. The van der Waals surface area contributed by atoms with Crippen molar-refractivity contribution in [3.8, 4) is 5.75 Å². The van der Waals surface area contributed by atoms with E-state index in [0.717, 1.165) is 7.11 Å². The molecule has 0 radical (unpaired) electrons. The molecule has 0 aliphatic rings. The number of carbonyl (C=O) groups excluding carboxylic acids is 1. The first-order chi connectivity index (χ1) is 10.4. The minimum absolute atomic E-state index is 0.0124. The van der Waals surface area contributed by atoms with Gasteiger partial charge in [0.05, 0.1) is 13.7 Å². The van der Waals surface area contributed by atoms with Crippen molar-refractivity contribution >= 4 is 21.9 Å². The standard InChI is InChI=1S/C14H16BrF3O4/c1-20-13(19)12(22-9-14(16,17)18)8-10-2-4-11(5-3-10)21-7-6-15/h2-5,12H,6-9H2,1H3/t12-/m0/s1. The molecule has 0 saturated heterocycles. The molecular formula is C14H16BrF3O4. The molecule has 0 aromatic heterocycles. The van der Waals surface area contributed by atoms with Gasteiger partial charge in [-0.05, 0) is 17.7 Å². The normalized spacial score (nSPS) is 12.8. The first-order valence-corrected chi connectivity index (χ1v) is 7.51. The molecule has 0 heterocycles. The molecule has 0 amide bonds. The van der Waals surface area contributed by atoms with Crippen LogP contribution in [0.5, 0.6) is 5.75 Å². The molecule has 0 aliphatic heterocycles. The molecule has 0 bridgehead atoms. The van der Waals surface area contributed by atoms with Gasteiger partial charge in [0, 0.05) is 11.8 Å². The number of alkyl halides is 4. The quantitative estimate of drug-likeness (QED) is 0.510. The van der Waals surface area contributed by atoms with E-state index in [0.29, 0.717) is 23.2 Å². The van der Waals surface area contributed by atoms with Crippen LogP contribution in [0, 0.1) is 0 Å². The highest BCUT2D eigenvalue weighted by atomic mass is 79.9. The largest absolute Gasteiger partial charge is 0.493 e. The Balaban J connectivity index is 2.66. The summed E-state index contributed by atoms with van der Waals surface area (Å²) >= 11 is 3.23. The van der Waals surface area contributed by atoms with E-state index in [-0.39, 0.29) is 6.42 Å². The first kappa shape index (κ1) is 18.8. The summed E-state index contributed by atoms with van der Waals surface area (Å²) < 4.78 is 51.0. The molecule has 0 fully saturated rings. The molecule has 1 atom stereocenters. The smallest absolute Gasteiger partial charge is 0.411 e. The zero-order valence-electron chi connectivity index (χ0n) is 11.9. The fourth-order valence-corrected chi connectivity index (χ4v) is 1.79. The predicted octanol–water partition coefficient (Wildman–Crippen LogP) is 3.12. The van der Waals surface area contributed by atoms with Crippen molar-refractivity contribution in [1.82, 2.24) is 0 Å². The first-order valence-electron chi connectivity index (χ1n) is 6.39. The Morgan fingerprint density at radius 2 is 1.91 bits per heavy atom. The molecule has 0 spiro atoms.